The van der Waals surface area contributed by atoms with E-state index in [1.807, 2.05) is 151 Å². The van der Waals surface area contributed by atoms with Gasteiger partial charge in [0.05, 0.1) is 0 Å². The van der Waals surface area contributed by atoms with Gasteiger partial charge < -0.3 is 25.8 Å². The zero-order valence-corrected chi connectivity index (χ0v) is 32.1. The van der Waals surface area contributed by atoms with E-state index in [1.165, 1.54) is 0 Å². The number of carbonyl (C=O) groups excluding carboxylic acids is 1. The van der Waals surface area contributed by atoms with Crippen LogP contribution in [0.15, 0.2) is 109 Å². The highest BCUT2D eigenvalue weighted by Crippen LogP contribution is 2.41. The SMILES string of the molecule is C.C.CC.CC.Cc1cc2c([O-])c(c1)Cc1cc(-c3ccccc3)cc(c1O)Cc1cc(-c3ccccc3)cc(c1OCC(N)=O)Cc1cc(C)cc(c1O)C2. The van der Waals surface area contributed by atoms with E-state index in [9.17, 15) is 20.1 Å². The van der Waals surface area contributed by atoms with Crippen LogP contribution in [0.3, 0.4) is 0 Å². The number of carbonyl (C=O) groups is 1. The molecule has 0 radical (unpaired) electrons. The molecule has 0 aliphatic heterocycles. The second kappa shape index (κ2) is 20.1. The molecule has 6 aromatic rings. The molecule has 1 aliphatic carbocycles. The monoisotopic (exact) mass is 752 g/mol. The van der Waals surface area contributed by atoms with Gasteiger partial charge in [-0.05, 0) is 93.7 Å². The molecule has 8 bridgehead atoms. The van der Waals surface area contributed by atoms with Crippen LogP contribution in [0.25, 0.3) is 22.3 Å². The molecule has 1 amide bonds. The number of phenols is 2. The largest absolute Gasteiger partial charge is 0.872 e. The third kappa shape index (κ3) is 9.99. The Hall–Kier alpha value is -6.01. The Balaban J connectivity index is 0.00000136. The second-order valence-electron chi connectivity index (χ2n) is 13.3. The number of hydrogen-bond acceptors (Lipinski definition) is 5. The minimum Gasteiger partial charge on any atom is -0.872 e. The standard InChI is InChI=1S/C44H39NO5.2C2H6.2CH4/c1-26-13-32-21-33-14-27(2)16-35(42(33)48)23-38-19-31(29-11-7-4-8-12-29)20-39(44(38)50-25-40(45)46)24-37-18-30(28-9-5-3-6-10-28)17-36(43(37)49)22-34(15-26)41(32)47;2*1-2;;/h3-20,47-49H,21-25H2,1-2H3,(H2,45,46);2*1-2H3;2*1H4/p-1. The Morgan fingerprint density at radius 3 is 1.25 bits per heavy atom. The summed E-state index contributed by atoms with van der Waals surface area (Å²) in [5, 5.41) is 37.7. The van der Waals surface area contributed by atoms with E-state index >= 15 is 0 Å². The molecule has 0 spiro atoms. The van der Waals surface area contributed by atoms with Crippen molar-refractivity contribution in [1.29, 1.82) is 0 Å². The molecule has 294 valence electrons. The van der Waals surface area contributed by atoms with Crippen LogP contribution >= 0.6 is 0 Å². The highest BCUT2D eigenvalue weighted by Gasteiger charge is 2.22. The van der Waals surface area contributed by atoms with Crippen molar-refractivity contribution in [2.45, 2.75) is 82.1 Å². The van der Waals surface area contributed by atoms with Crippen LogP contribution in [-0.4, -0.2) is 22.7 Å². The predicted molar refractivity (Wildman–Crippen MR) is 231 cm³/mol. The molecule has 0 atom stereocenters. The van der Waals surface area contributed by atoms with Gasteiger partial charge in [0.15, 0.2) is 6.61 Å². The molecule has 1 aliphatic rings. The molecule has 0 unspecified atom stereocenters. The van der Waals surface area contributed by atoms with E-state index < -0.39 is 5.91 Å². The summed E-state index contributed by atoms with van der Waals surface area (Å²) < 4.78 is 6.22. The number of nitrogens with two attached hydrogens (primary N) is 1. The summed E-state index contributed by atoms with van der Waals surface area (Å²) >= 11 is 0. The number of aryl methyl sites for hydroxylation is 2. The maximum absolute atomic E-state index is 14.0. The number of rotatable bonds is 5. The highest BCUT2D eigenvalue weighted by molar-refractivity contribution is 5.76. The quantitative estimate of drug-likeness (QED) is 0.162. The van der Waals surface area contributed by atoms with Crippen molar-refractivity contribution < 1.29 is 24.9 Å². The maximum Gasteiger partial charge on any atom is 0.255 e. The Labute approximate surface area is 334 Å². The summed E-state index contributed by atoms with van der Waals surface area (Å²) in [6.45, 7) is 11.6. The average Bonchev–Trinajstić information content (AvgIpc) is 3.18. The molecule has 0 saturated carbocycles. The number of fused-ring (bicyclic) bond motifs is 8. The first-order chi connectivity index (χ1) is 26.1. The van der Waals surface area contributed by atoms with E-state index in [2.05, 4.69) is 0 Å². The number of benzene rings is 6. The van der Waals surface area contributed by atoms with Crippen molar-refractivity contribution in [2.75, 3.05) is 6.61 Å². The zero-order chi connectivity index (χ0) is 38.9. The summed E-state index contributed by atoms with van der Waals surface area (Å²) in [6.07, 6.45) is 1.01. The van der Waals surface area contributed by atoms with Crippen LogP contribution in [0.4, 0.5) is 0 Å². The van der Waals surface area contributed by atoms with Crippen molar-refractivity contribution in [3.8, 4) is 45.3 Å². The predicted octanol–water partition coefficient (Wildman–Crippen LogP) is 11.0. The van der Waals surface area contributed by atoms with Gasteiger partial charge in [0.25, 0.3) is 5.91 Å². The molecule has 6 nitrogen and oxygen atoms in total. The molecule has 56 heavy (non-hydrogen) atoms. The fourth-order valence-electron chi connectivity index (χ4n) is 7.19. The minimum atomic E-state index is -0.613. The minimum absolute atomic E-state index is 0. The van der Waals surface area contributed by atoms with Gasteiger partial charge in [-0.2, -0.15) is 0 Å². The molecule has 0 saturated heterocycles. The molecule has 6 heteroatoms. The van der Waals surface area contributed by atoms with Crippen LogP contribution < -0.4 is 15.6 Å². The van der Waals surface area contributed by atoms with Gasteiger partial charge in [0, 0.05) is 25.7 Å². The van der Waals surface area contributed by atoms with E-state index in [1.54, 1.807) is 0 Å². The van der Waals surface area contributed by atoms with Gasteiger partial charge in [-0.1, -0.05) is 150 Å². The van der Waals surface area contributed by atoms with Crippen molar-refractivity contribution in [3.63, 3.8) is 0 Å². The van der Waals surface area contributed by atoms with E-state index in [4.69, 9.17) is 10.5 Å². The number of amides is 1. The second-order valence-corrected chi connectivity index (χ2v) is 13.3. The number of phenolic OH excluding ortho intramolecular Hbond substituents is 2. The molecule has 4 N–H and O–H groups in total. The van der Waals surface area contributed by atoms with E-state index in [0.717, 1.165) is 44.5 Å². The lowest BCUT2D eigenvalue weighted by atomic mass is 9.87. The molecule has 0 fully saturated rings. The maximum atomic E-state index is 14.0. The van der Waals surface area contributed by atoms with Crippen molar-refractivity contribution >= 4 is 5.91 Å². The lowest BCUT2D eigenvalue weighted by molar-refractivity contribution is -0.270. The van der Waals surface area contributed by atoms with Gasteiger partial charge >= 0.3 is 0 Å². The average molecular weight is 753 g/mol. The molecule has 7 rings (SSSR count). The summed E-state index contributed by atoms with van der Waals surface area (Å²) in [5.41, 5.74) is 16.5. The lowest BCUT2D eigenvalue weighted by Gasteiger charge is -2.24. The van der Waals surface area contributed by atoms with Crippen LogP contribution in [0, 0.1) is 13.8 Å². The fourth-order valence-corrected chi connectivity index (χ4v) is 7.19. The Bertz CT molecular complexity index is 2240. The lowest BCUT2D eigenvalue weighted by Crippen LogP contribution is -2.21. The Morgan fingerprint density at radius 2 is 0.875 bits per heavy atom. The third-order valence-electron chi connectivity index (χ3n) is 9.41. The molecule has 0 heterocycles. The molecular formula is C50H58NO5-. The Morgan fingerprint density at radius 1 is 0.554 bits per heavy atom. The first kappa shape index (κ1) is 44.4. The van der Waals surface area contributed by atoms with Crippen LogP contribution in [-0.2, 0) is 30.5 Å². The third-order valence-corrected chi connectivity index (χ3v) is 9.41. The highest BCUT2D eigenvalue weighted by atomic mass is 16.5. The van der Waals surface area contributed by atoms with Gasteiger partial charge in [-0.3, -0.25) is 4.79 Å². The van der Waals surface area contributed by atoms with Crippen molar-refractivity contribution in [2.24, 2.45) is 5.73 Å². The molecule has 6 aromatic carbocycles. The summed E-state index contributed by atoms with van der Waals surface area (Å²) in [6, 6.07) is 35.5. The summed E-state index contributed by atoms with van der Waals surface area (Å²) in [7, 11) is 0. The van der Waals surface area contributed by atoms with Gasteiger partial charge in [0.2, 0.25) is 0 Å². The number of ether oxygens (including phenoxy) is 1. The van der Waals surface area contributed by atoms with E-state index in [0.29, 0.717) is 39.1 Å². The number of primary amides is 1. The number of hydrogen-bond donors (Lipinski definition) is 3. The Kier molecular flexibility index (Phi) is 15.9. The van der Waals surface area contributed by atoms with Gasteiger partial charge in [-0.25, -0.2) is 0 Å². The topological polar surface area (TPSA) is 116 Å². The van der Waals surface area contributed by atoms with Crippen molar-refractivity contribution in [1.82, 2.24) is 0 Å². The normalized spacial score (nSPS) is 11.2. The molecular weight excluding hydrogens is 695 g/mol. The summed E-state index contributed by atoms with van der Waals surface area (Å²) in [4.78, 5) is 12.1. The molecule has 0 aromatic heterocycles. The fraction of sp³-hybridized carbons (Fsp3) is 0.260. The first-order valence-electron chi connectivity index (χ1n) is 18.8. The van der Waals surface area contributed by atoms with Gasteiger partial charge in [0.1, 0.15) is 17.2 Å². The number of aromatic hydroxyl groups is 2. The van der Waals surface area contributed by atoms with Crippen LogP contribution in [0.5, 0.6) is 23.0 Å². The summed E-state index contributed by atoms with van der Waals surface area (Å²) in [5.74, 6) is -0.0148. The van der Waals surface area contributed by atoms with Crippen molar-refractivity contribution in [3.05, 3.63) is 165 Å². The van der Waals surface area contributed by atoms with Crippen LogP contribution in [0.2, 0.25) is 0 Å². The zero-order valence-electron chi connectivity index (χ0n) is 32.1. The van der Waals surface area contributed by atoms with Gasteiger partial charge in [-0.15, -0.1) is 5.75 Å². The van der Waals surface area contributed by atoms with E-state index in [-0.39, 0.29) is 64.4 Å². The smallest absolute Gasteiger partial charge is 0.255 e. The van der Waals surface area contributed by atoms with Crippen LogP contribution in [0.1, 0.15) is 98.2 Å². The first-order valence-corrected chi connectivity index (χ1v) is 18.8.